The highest BCUT2D eigenvalue weighted by Crippen LogP contribution is 2.31. The Morgan fingerprint density at radius 3 is 1.56 bits per heavy atom. The predicted octanol–water partition coefficient (Wildman–Crippen LogP) is 4.03. The number of nitrogens with two attached hydrogens (primary N) is 1. The minimum atomic E-state index is 0.197. The molecule has 0 fully saturated rings. The molecule has 0 heterocycles. The van der Waals surface area contributed by atoms with E-state index >= 15 is 0 Å². The standard InChI is InChI=1S/C15H25N/c1-7-8-14(16)15-12(5)10(3)9(2)11(4)13(15)6/h14H,7-8,16H2,1-6H3. The molecule has 0 radical (unpaired) electrons. The van der Waals surface area contributed by atoms with Gasteiger partial charge in [-0.2, -0.15) is 0 Å². The van der Waals surface area contributed by atoms with Gasteiger partial charge in [-0.25, -0.2) is 0 Å². The van der Waals surface area contributed by atoms with Crippen molar-refractivity contribution in [2.75, 3.05) is 0 Å². The summed E-state index contributed by atoms with van der Waals surface area (Å²) in [5.41, 5.74) is 14.7. The van der Waals surface area contributed by atoms with Crippen molar-refractivity contribution < 1.29 is 0 Å². The van der Waals surface area contributed by atoms with Gasteiger partial charge < -0.3 is 5.73 Å². The number of hydrogen-bond acceptors (Lipinski definition) is 1. The Bertz CT molecular complexity index is 362. The Labute approximate surface area is 100 Å². The van der Waals surface area contributed by atoms with Crippen LogP contribution in [-0.2, 0) is 0 Å². The normalized spacial score (nSPS) is 12.9. The van der Waals surface area contributed by atoms with Gasteiger partial charge in [0.1, 0.15) is 0 Å². The first-order valence-electron chi connectivity index (χ1n) is 6.24. The van der Waals surface area contributed by atoms with Crippen LogP contribution in [0.25, 0.3) is 0 Å². The van der Waals surface area contributed by atoms with Crippen LogP contribution in [0.2, 0.25) is 0 Å². The average molecular weight is 219 g/mol. The first-order valence-corrected chi connectivity index (χ1v) is 6.24. The summed E-state index contributed by atoms with van der Waals surface area (Å²) in [7, 11) is 0. The second kappa shape index (κ2) is 5.01. The lowest BCUT2D eigenvalue weighted by atomic mass is 9.85. The van der Waals surface area contributed by atoms with Gasteiger partial charge in [0.05, 0.1) is 0 Å². The van der Waals surface area contributed by atoms with E-state index in [0.717, 1.165) is 12.8 Å². The highest BCUT2D eigenvalue weighted by atomic mass is 14.6. The van der Waals surface area contributed by atoms with Gasteiger partial charge in [0, 0.05) is 6.04 Å². The molecular weight excluding hydrogens is 194 g/mol. The van der Waals surface area contributed by atoms with Crippen LogP contribution in [0.15, 0.2) is 0 Å². The number of rotatable bonds is 3. The molecule has 0 spiro atoms. The minimum Gasteiger partial charge on any atom is -0.324 e. The van der Waals surface area contributed by atoms with E-state index in [2.05, 4.69) is 41.5 Å². The highest BCUT2D eigenvalue weighted by Gasteiger charge is 2.16. The summed E-state index contributed by atoms with van der Waals surface area (Å²) in [6.45, 7) is 13.2. The maximum atomic E-state index is 6.30. The third-order valence-electron chi connectivity index (χ3n) is 4.03. The van der Waals surface area contributed by atoms with Gasteiger partial charge >= 0.3 is 0 Å². The Morgan fingerprint density at radius 2 is 1.19 bits per heavy atom. The Kier molecular flexibility index (Phi) is 4.15. The molecule has 1 atom stereocenters. The van der Waals surface area contributed by atoms with Crippen LogP contribution in [0.1, 0.15) is 59.2 Å². The van der Waals surface area contributed by atoms with Crippen molar-refractivity contribution in [2.24, 2.45) is 5.73 Å². The topological polar surface area (TPSA) is 26.0 Å². The largest absolute Gasteiger partial charge is 0.324 e. The summed E-state index contributed by atoms with van der Waals surface area (Å²) in [5, 5.41) is 0. The van der Waals surface area contributed by atoms with E-state index in [1.54, 1.807) is 0 Å². The lowest BCUT2D eigenvalue weighted by molar-refractivity contribution is 0.630. The van der Waals surface area contributed by atoms with Gasteiger partial charge in [-0.05, 0) is 74.4 Å². The van der Waals surface area contributed by atoms with Crippen molar-refractivity contribution in [1.29, 1.82) is 0 Å². The summed E-state index contributed by atoms with van der Waals surface area (Å²) in [5.74, 6) is 0. The van der Waals surface area contributed by atoms with Gasteiger partial charge in [-0.1, -0.05) is 13.3 Å². The summed E-state index contributed by atoms with van der Waals surface area (Å²) in [6, 6.07) is 0.197. The molecule has 0 bridgehead atoms. The number of hydrogen-bond donors (Lipinski definition) is 1. The van der Waals surface area contributed by atoms with E-state index in [-0.39, 0.29) is 6.04 Å². The van der Waals surface area contributed by atoms with Crippen molar-refractivity contribution in [2.45, 2.75) is 60.4 Å². The lowest BCUT2D eigenvalue weighted by Crippen LogP contribution is -2.15. The van der Waals surface area contributed by atoms with E-state index in [1.807, 2.05) is 0 Å². The van der Waals surface area contributed by atoms with Crippen LogP contribution >= 0.6 is 0 Å². The highest BCUT2D eigenvalue weighted by molar-refractivity contribution is 5.50. The molecule has 1 rings (SSSR count). The zero-order valence-corrected chi connectivity index (χ0v) is 11.6. The quantitative estimate of drug-likeness (QED) is 0.816. The zero-order valence-electron chi connectivity index (χ0n) is 11.6. The first-order chi connectivity index (χ1) is 7.41. The van der Waals surface area contributed by atoms with Crippen LogP contribution in [0.3, 0.4) is 0 Å². The van der Waals surface area contributed by atoms with Crippen LogP contribution in [0.4, 0.5) is 0 Å². The molecule has 0 aliphatic carbocycles. The van der Waals surface area contributed by atoms with Gasteiger partial charge in [0.15, 0.2) is 0 Å². The molecule has 0 aliphatic heterocycles. The van der Waals surface area contributed by atoms with Crippen LogP contribution in [0.5, 0.6) is 0 Å². The fourth-order valence-corrected chi connectivity index (χ4v) is 2.54. The van der Waals surface area contributed by atoms with Crippen LogP contribution < -0.4 is 5.73 Å². The molecule has 16 heavy (non-hydrogen) atoms. The molecule has 1 nitrogen and oxygen atoms in total. The summed E-state index contributed by atoms with van der Waals surface area (Å²) in [6.07, 6.45) is 2.22. The second-order valence-electron chi connectivity index (χ2n) is 4.93. The van der Waals surface area contributed by atoms with Crippen LogP contribution in [0, 0.1) is 34.6 Å². The molecular formula is C15H25N. The van der Waals surface area contributed by atoms with E-state index in [1.165, 1.54) is 33.4 Å². The van der Waals surface area contributed by atoms with E-state index < -0.39 is 0 Å². The molecule has 0 aromatic heterocycles. The molecule has 1 unspecified atom stereocenters. The van der Waals surface area contributed by atoms with E-state index in [9.17, 15) is 0 Å². The molecule has 0 saturated carbocycles. The summed E-state index contributed by atoms with van der Waals surface area (Å²) in [4.78, 5) is 0. The Hall–Kier alpha value is -0.820. The number of benzene rings is 1. The van der Waals surface area contributed by atoms with Crippen molar-refractivity contribution in [3.8, 4) is 0 Å². The molecule has 1 aromatic rings. The fraction of sp³-hybridized carbons (Fsp3) is 0.600. The van der Waals surface area contributed by atoms with Crippen LogP contribution in [-0.4, -0.2) is 0 Å². The van der Waals surface area contributed by atoms with E-state index in [4.69, 9.17) is 5.73 Å². The van der Waals surface area contributed by atoms with Crippen molar-refractivity contribution in [3.05, 3.63) is 33.4 Å². The fourth-order valence-electron chi connectivity index (χ4n) is 2.54. The minimum absolute atomic E-state index is 0.197. The monoisotopic (exact) mass is 219 g/mol. The molecule has 90 valence electrons. The van der Waals surface area contributed by atoms with Crippen molar-refractivity contribution in [3.63, 3.8) is 0 Å². The third-order valence-corrected chi connectivity index (χ3v) is 4.03. The predicted molar refractivity (Wildman–Crippen MR) is 72.0 cm³/mol. The molecule has 1 heteroatoms. The Morgan fingerprint density at radius 1 is 0.812 bits per heavy atom. The van der Waals surface area contributed by atoms with Crippen molar-refractivity contribution >= 4 is 0 Å². The molecule has 0 saturated heterocycles. The molecule has 1 aromatic carbocycles. The first kappa shape index (κ1) is 13.2. The van der Waals surface area contributed by atoms with Gasteiger partial charge in [0.25, 0.3) is 0 Å². The van der Waals surface area contributed by atoms with Gasteiger partial charge in [-0.15, -0.1) is 0 Å². The van der Waals surface area contributed by atoms with E-state index in [0.29, 0.717) is 0 Å². The maximum absolute atomic E-state index is 6.30. The third kappa shape index (κ3) is 2.15. The average Bonchev–Trinajstić information content (AvgIpc) is 2.24. The van der Waals surface area contributed by atoms with Gasteiger partial charge in [0.2, 0.25) is 0 Å². The molecule has 2 N–H and O–H groups in total. The molecule has 0 aliphatic rings. The molecule has 0 amide bonds. The second-order valence-corrected chi connectivity index (χ2v) is 4.93. The lowest BCUT2D eigenvalue weighted by Gasteiger charge is -2.23. The SMILES string of the molecule is CCCC(N)c1c(C)c(C)c(C)c(C)c1C. The zero-order chi connectivity index (χ0) is 12.5. The summed E-state index contributed by atoms with van der Waals surface area (Å²) < 4.78 is 0. The maximum Gasteiger partial charge on any atom is 0.0300 e. The smallest absolute Gasteiger partial charge is 0.0300 e. The van der Waals surface area contributed by atoms with Crippen molar-refractivity contribution in [1.82, 2.24) is 0 Å². The summed E-state index contributed by atoms with van der Waals surface area (Å²) >= 11 is 0. The Balaban J connectivity index is 3.39. The van der Waals surface area contributed by atoms with Gasteiger partial charge in [-0.3, -0.25) is 0 Å².